The van der Waals surface area contributed by atoms with Gasteiger partial charge in [-0.05, 0) is 43.7 Å². The topological polar surface area (TPSA) is 141 Å². The maximum Gasteiger partial charge on any atom is 0.349 e. The van der Waals surface area contributed by atoms with Crippen molar-refractivity contribution in [2.75, 3.05) is 12.3 Å². The molecule has 1 fully saturated rings. The predicted molar refractivity (Wildman–Crippen MR) is 128 cm³/mol. The lowest BCUT2D eigenvalue weighted by Gasteiger charge is -2.27. The number of hydrogen-bond acceptors (Lipinski definition) is 6. The molecule has 11 heteroatoms. The molecule has 1 amide bonds. The first kappa shape index (κ1) is 24.1. The summed E-state index contributed by atoms with van der Waals surface area (Å²) in [5.74, 6) is -1.36. The highest BCUT2D eigenvalue weighted by Gasteiger charge is 2.33. The number of carbonyl (C=O) groups is 2. The minimum Gasteiger partial charge on any atom is -0.480 e. The van der Waals surface area contributed by atoms with Gasteiger partial charge in [-0.3, -0.25) is 4.79 Å². The summed E-state index contributed by atoms with van der Waals surface area (Å²) >= 11 is 1.24. The monoisotopic (exact) mass is 487 g/mol. The second kappa shape index (κ2) is 10.5. The first-order valence-electron chi connectivity index (χ1n) is 11.4. The van der Waals surface area contributed by atoms with Crippen LogP contribution in [0, 0.1) is 5.92 Å². The fourth-order valence-electron chi connectivity index (χ4n) is 4.47. The van der Waals surface area contributed by atoms with Gasteiger partial charge in [0.15, 0.2) is 6.04 Å². The molecular weight excluding hydrogens is 458 g/mol. The third-order valence-electron chi connectivity index (χ3n) is 6.42. The van der Waals surface area contributed by atoms with Crippen LogP contribution in [0.5, 0.6) is 0 Å². The van der Waals surface area contributed by atoms with E-state index in [2.05, 4.69) is 5.32 Å². The summed E-state index contributed by atoms with van der Waals surface area (Å²) in [4.78, 5) is 52.1. The Morgan fingerprint density at radius 3 is 2.50 bits per heavy atom. The largest absolute Gasteiger partial charge is 0.480 e. The van der Waals surface area contributed by atoms with Crippen LogP contribution in [0.3, 0.4) is 0 Å². The highest BCUT2D eigenvalue weighted by molar-refractivity contribution is 7.99. The smallest absolute Gasteiger partial charge is 0.349 e. The van der Waals surface area contributed by atoms with Gasteiger partial charge in [-0.15, -0.1) is 11.8 Å². The van der Waals surface area contributed by atoms with E-state index in [-0.39, 0.29) is 18.3 Å². The van der Waals surface area contributed by atoms with Crippen LogP contribution in [-0.2, 0) is 16.1 Å². The number of thioether (sulfide) groups is 1. The van der Waals surface area contributed by atoms with E-state index in [0.29, 0.717) is 12.5 Å². The zero-order valence-electron chi connectivity index (χ0n) is 18.7. The van der Waals surface area contributed by atoms with Crippen LogP contribution < -0.4 is 22.4 Å². The average Bonchev–Trinajstić information content (AvgIpc) is 3.09. The number of fused-ring (bicyclic) bond motifs is 1. The van der Waals surface area contributed by atoms with E-state index in [0.717, 1.165) is 44.5 Å². The number of nitrogens with two attached hydrogens (primary N) is 1. The molecule has 34 heavy (non-hydrogen) atoms. The molecule has 0 spiro atoms. The molecule has 182 valence electrons. The minimum atomic E-state index is -1.37. The molecule has 10 nitrogen and oxygen atoms in total. The van der Waals surface area contributed by atoms with Crippen molar-refractivity contribution in [3.63, 3.8) is 0 Å². The standard InChI is InChI=1S/C23H29N5O5S/c24-16-10-8-15(9-11-16)13-25-20(29)18-7-4-12-26-22(32)27(23(33)28(18)26)19(21(30)31)14-34-17-5-2-1-3-6-17/h1-7,15-16,18-19H,8-14,24H2,(H,25,29)(H,30,31). The van der Waals surface area contributed by atoms with Gasteiger partial charge in [0.2, 0.25) is 5.91 Å². The summed E-state index contributed by atoms with van der Waals surface area (Å²) in [6.07, 6.45) is 6.92. The molecule has 2 unspecified atom stereocenters. The van der Waals surface area contributed by atoms with Crippen molar-refractivity contribution in [3.8, 4) is 0 Å². The Kier molecular flexibility index (Phi) is 7.42. The first-order chi connectivity index (χ1) is 16.4. The average molecular weight is 488 g/mol. The number of nitrogens with zero attached hydrogens (tertiary/aromatic N) is 3. The number of hydrogen-bond donors (Lipinski definition) is 3. The maximum atomic E-state index is 13.3. The quantitative estimate of drug-likeness (QED) is 0.372. The zero-order valence-corrected chi connectivity index (χ0v) is 19.5. The van der Waals surface area contributed by atoms with Gasteiger partial charge in [0.05, 0.1) is 6.54 Å². The van der Waals surface area contributed by atoms with Crippen LogP contribution in [0.4, 0.5) is 0 Å². The van der Waals surface area contributed by atoms with Crippen molar-refractivity contribution in [1.29, 1.82) is 0 Å². The van der Waals surface area contributed by atoms with Crippen LogP contribution in [0.25, 0.3) is 0 Å². The summed E-state index contributed by atoms with van der Waals surface area (Å²) in [6, 6.07) is 6.98. The van der Waals surface area contributed by atoms with Gasteiger partial charge in [0.25, 0.3) is 0 Å². The summed E-state index contributed by atoms with van der Waals surface area (Å²) in [7, 11) is 0. The fourth-order valence-corrected chi connectivity index (χ4v) is 5.46. The number of carboxylic acids is 1. The zero-order chi connectivity index (χ0) is 24.2. The number of carbonyl (C=O) groups excluding carboxylic acids is 1. The Labute approximate surface area is 200 Å². The van der Waals surface area contributed by atoms with Gasteiger partial charge < -0.3 is 16.2 Å². The Hall–Kier alpha value is -3.05. The summed E-state index contributed by atoms with van der Waals surface area (Å²) in [6.45, 7) is 0.560. The number of nitrogens with one attached hydrogen (secondary N) is 1. The normalized spacial score (nSPS) is 22.7. The van der Waals surface area contributed by atoms with Crippen LogP contribution in [0.15, 0.2) is 57.0 Å². The molecule has 0 bridgehead atoms. The van der Waals surface area contributed by atoms with E-state index in [1.807, 2.05) is 30.3 Å². The summed E-state index contributed by atoms with van der Waals surface area (Å²) < 4.78 is 2.95. The number of benzene rings is 1. The highest BCUT2D eigenvalue weighted by Crippen LogP contribution is 2.24. The molecule has 0 saturated heterocycles. The molecule has 4 rings (SSSR count). The van der Waals surface area contributed by atoms with Gasteiger partial charge in [-0.2, -0.15) is 0 Å². The minimum absolute atomic E-state index is 0.00733. The summed E-state index contributed by atoms with van der Waals surface area (Å²) in [5, 5.41) is 12.7. The van der Waals surface area contributed by atoms with E-state index in [1.165, 1.54) is 11.8 Å². The third-order valence-corrected chi connectivity index (χ3v) is 7.51. The molecule has 1 aliphatic carbocycles. The Bertz CT molecular complexity index is 1180. The molecule has 2 aromatic rings. The van der Waals surface area contributed by atoms with Crippen LogP contribution >= 0.6 is 11.8 Å². The molecule has 2 heterocycles. The second-order valence-electron chi connectivity index (χ2n) is 8.74. The molecular formula is C23H29N5O5S. The Morgan fingerprint density at radius 2 is 1.82 bits per heavy atom. The maximum absolute atomic E-state index is 13.3. The van der Waals surface area contributed by atoms with Crippen molar-refractivity contribution >= 4 is 23.6 Å². The lowest BCUT2D eigenvalue weighted by molar-refractivity contribution is -0.140. The Balaban J connectivity index is 1.54. The van der Waals surface area contributed by atoms with Gasteiger partial charge in [0.1, 0.15) is 6.04 Å². The van der Waals surface area contributed by atoms with E-state index >= 15 is 0 Å². The van der Waals surface area contributed by atoms with Crippen molar-refractivity contribution in [1.82, 2.24) is 19.2 Å². The van der Waals surface area contributed by atoms with Crippen molar-refractivity contribution in [2.45, 2.75) is 55.2 Å². The van der Waals surface area contributed by atoms with Crippen LogP contribution in [0.1, 0.15) is 37.8 Å². The molecule has 1 aliphatic heterocycles. The Morgan fingerprint density at radius 1 is 1.12 bits per heavy atom. The molecule has 4 N–H and O–H groups in total. The van der Waals surface area contributed by atoms with Gasteiger partial charge in [-0.1, -0.05) is 30.4 Å². The first-order valence-corrected chi connectivity index (χ1v) is 12.4. The van der Waals surface area contributed by atoms with Crippen LogP contribution in [-0.4, -0.2) is 49.3 Å². The highest BCUT2D eigenvalue weighted by atomic mass is 32.2. The number of aromatic nitrogens is 3. The molecule has 1 aromatic carbocycles. The van der Waals surface area contributed by atoms with Crippen molar-refractivity contribution in [3.05, 3.63) is 63.5 Å². The van der Waals surface area contributed by atoms with Gasteiger partial charge in [0, 0.05) is 23.2 Å². The number of aliphatic carboxylic acids is 1. The number of rotatable bonds is 8. The van der Waals surface area contributed by atoms with E-state index in [4.69, 9.17) is 5.73 Å². The predicted octanol–water partition coefficient (Wildman–Crippen LogP) is 0.974. The summed E-state index contributed by atoms with van der Waals surface area (Å²) in [5.41, 5.74) is 4.40. The van der Waals surface area contributed by atoms with Crippen molar-refractivity contribution in [2.24, 2.45) is 11.7 Å². The van der Waals surface area contributed by atoms with E-state index in [9.17, 15) is 24.3 Å². The lowest BCUT2D eigenvalue weighted by atomic mass is 9.86. The molecule has 2 aliphatic rings. The number of allylic oxidation sites excluding steroid dienone is 1. The molecule has 0 radical (unpaired) electrons. The molecule has 2 atom stereocenters. The molecule has 1 saturated carbocycles. The molecule has 1 aromatic heterocycles. The fraction of sp³-hybridized carbons (Fsp3) is 0.478. The van der Waals surface area contributed by atoms with Gasteiger partial charge >= 0.3 is 17.3 Å². The van der Waals surface area contributed by atoms with Crippen LogP contribution in [0.2, 0.25) is 0 Å². The lowest BCUT2D eigenvalue weighted by Crippen LogP contribution is -2.43. The van der Waals surface area contributed by atoms with E-state index < -0.39 is 35.3 Å². The van der Waals surface area contributed by atoms with Gasteiger partial charge in [-0.25, -0.2) is 28.3 Å². The van der Waals surface area contributed by atoms with Crippen molar-refractivity contribution < 1.29 is 14.7 Å². The SMILES string of the molecule is NC1CCC(CNC(=O)C2C=CCn3c(=O)n(C(CSc4ccccc4)C(=O)O)c(=O)n32)CC1. The number of carboxylic acid groups (broad SMARTS) is 1. The number of amides is 1. The van der Waals surface area contributed by atoms with E-state index in [1.54, 1.807) is 12.2 Å². The third kappa shape index (κ3) is 5.05. The second-order valence-corrected chi connectivity index (χ2v) is 9.83.